The molecule has 0 saturated heterocycles. The van der Waals surface area contributed by atoms with Gasteiger partial charge in [-0.1, -0.05) is 0 Å². The van der Waals surface area contributed by atoms with Crippen molar-refractivity contribution in [1.29, 1.82) is 0 Å². The Morgan fingerprint density at radius 3 is 2.82 bits per heavy atom. The lowest BCUT2D eigenvalue weighted by atomic mass is 10.6. The number of carbonyl (C=O) groups excluding carboxylic acids is 1. The maximum absolute atomic E-state index is 10.5. The van der Waals surface area contributed by atoms with Gasteiger partial charge in [0.25, 0.3) is 0 Å². The molecule has 11 heavy (non-hydrogen) atoms. The highest BCUT2D eigenvalue weighted by molar-refractivity contribution is 5.66. The minimum Gasteiger partial charge on any atom is -0.448 e. The first-order valence-electron chi connectivity index (χ1n) is 3.56. The standard InChI is InChI=1S/C6H15N3O2/c1-8-6(10)11-5-4-9-3-2-7/h9H,2-5,7H2,1H3,(H,8,10). The molecule has 0 aliphatic heterocycles. The first-order valence-corrected chi connectivity index (χ1v) is 3.56. The Balaban J connectivity index is 2.95. The minimum absolute atomic E-state index is 0.375. The zero-order chi connectivity index (χ0) is 8.53. The summed E-state index contributed by atoms with van der Waals surface area (Å²) in [6.45, 7) is 2.36. The van der Waals surface area contributed by atoms with Crippen LogP contribution in [-0.2, 0) is 4.74 Å². The second-order valence-corrected chi connectivity index (χ2v) is 1.92. The number of rotatable bonds is 5. The van der Waals surface area contributed by atoms with Gasteiger partial charge >= 0.3 is 6.09 Å². The molecule has 0 spiro atoms. The molecule has 0 aromatic heterocycles. The van der Waals surface area contributed by atoms with E-state index >= 15 is 0 Å². The normalized spacial score (nSPS) is 9.27. The molecule has 0 radical (unpaired) electrons. The molecule has 0 atom stereocenters. The molecule has 0 rings (SSSR count). The third-order valence-electron chi connectivity index (χ3n) is 1.04. The van der Waals surface area contributed by atoms with E-state index < -0.39 is 6.09 Å². The number of carbonyl (C=O) groups is 1. The quantitative estimate of drug-likeness (QED) is 0.447. The van der Waals surface area contributed by atoms with Gasteiger partial charge in [-0.2, -0.15) is 0 Å². The zero-order valence-electron chi connectivity index (χ0n) is 6.72. The Bertz CT molecular complexity index is 108. The van der Waals surface area contributed by atoms with Gasteiger partial charge in [-0.25, -0.2) is 4.79 Å². The summed E-state index contributed by atoms with van der Waals surface area (Å²) < 4.78 is 4.68. The topological polar surface area (TPSA) is 76.4 Å². The molecule has 0 bridgehead atoms. The SMILES string of the molecule is CNC(=O)OCCNCCN. The number of hydrogen-bond donors (Lipinski definition) is 3. The lowest BCUT2D eigenvalue weighted by Gasteiger charge is -2.03. The van der Waals surface area contributed by atoms with E-state index in [1.165, 1.54) is 7.05 Å². The van der Waals surface area contributed by atoms with Crippen molar-refractivity contribution in [1.82, 2.24) is 10.6 Å². The summed E-state index contributed by atoms with van der Waals surface area (Å²) in [4.78, 5) is 10.5. The van der Waals surface area contributed by atoms with Crippen LogP contribution in [0, 0.1) is 0 Å². The predicted molar refractivity (Wildman–Crippen MR) is 42.3 cm³/mol. The van der Waals surface area contributed by atoms with Gasteiger partial charge in [0, 0.05) is 26.7 Å². The monoisotopic (exact) mass is 161 g/mol. The summed E-state index contributed by atoms with van der Waals surface area (Å²) in [6, 6.07) is 0. The molecule has 0 aliphatic rings. The van der Waals surface area contributed by atoms with Crippen molar-refractivity contribution in [2.45, 2.75) is 0 Å². The first kappa shape index (κ1) is 10.2. The van der Waals surface area contributed by atoms with Crippen LogP contribution in [-0.4, -0.2) is 39.4 Å². The average molecular weight is 161 g/mol. The molecule has 4 N–H and O–H groups in total. The number of amides is 1. The van der Waals surface area contributed by atoms with Crippen LogP contribution in [0.25, 0.3) is 0 Å². The van der Waals surface area contributed by atoms with E-state index in [4.69, 9.17) is 5.73 Å². The number of nitrogens with one attached hydrogen (secondary N) is 2. The Labute approximate surface area is 66.3 Å². The van der Waals surface area contributed by atoms with E-state index in [-0.39, 0.29) is 0 Å². The van der Waals surface area contributed by atoms with E-state index in [1.54, 1.807) is 0 Å². The Morgan fingerprint density at radius 2 is 2.27 bits per heavy atom. The second kappa shape index (κ2) is 7.30. The molecule has 66 valence electrons. The molecule has 0 saturated carbocycles. The molecule has 1 amide bonds. The van der Waals surface area contributed by atoms with Gasteiger partial charge in [0.05, 0.1) is 0 Å². The molecule has 0 fully saturated rings. The van der Waals surface area contributed by atoms with Crippen molar-refractivity contribution >= 4 is 6.09 Å². The highest BCUT2D eigenvalue weighted by Gasteiger charge is 1.94. The molecule has 0 aliphatic carbocycles. The van der Waals surface area contributed by atoms with Crippen LogP contribution in [0.1, 0.15) is 0 Å². The molecule has 0 aromatic carbocycles. The van der Waals surface area contributed by atoms with Crippen molar-refractivity contribution in [3.8, 4) is 0 Å². The second-order valence-electron chi connectivity index (χ2n) is 1.92. The van der Waals surface area contributed by atoms with E-state index in [2.05, 4.69) is 15.4 Å². The fraction of sp³-hybridized carbons (Fsp3) is 0.833. The van der Waals surface area contributed by atoms with Crippen LogP contribution in [0.15, 0.2) is 0 Å². The van der Waals surface area contributed by atoms with E-state index in [1.807, 2.05) is 0 Å². The lowest BCUT2D eigenvalue weighted by molar-refractivity contribution is 0.149. The fourth-order valence-corrected chi connectivity index (χ4v) is 0.515. The van der Waals surface area contributed by atoms with Crippen molar-refractivity contribution in [2.24, 2.45) is 5.73 Å². The molecule has 5 heteroatoms. The largest absolute Gasteiger partial charge is 0.448 e. The van der Waals surface area contributed by atoms with Crippen LogP contribution in [0.2, 0.25) is 0 Å². The van der Waals surface area contributed by atoms with Crippen LogP contribution in [0.3, 0.4) is 0 Å². The maximum Gasteiger partial charge on any atom is 0.406 e. The highest BCUT2D eigenvalue weighted by atomic mass is 16.5. The maximum atomic E-state index is 10.5. The Kier molecular flexibility index (Phi) is 6.76. The summed E-state index contributed by atoms with van der Waals surface area (Å²) in [5.41, 5.74) is 5.21. The highest BCUT2D eigenvalue weighted by Crippen LogP contribution is 1.73. The molecular formula is C6H15N3O2. The summed E-state index contributed by atoms with van der Waals surface area (Å²) in [6.07, 6.45) is -0.403. The molecule has 5 nitrogen and oxygen atoms in total. The van der Waals surface area contributed by atoms with Crippen LogP contribution in [0.4, 0.5) is 4.79 Å². The van der Waals surface area contributed by atoms with Gasteiger partial charge < -0.3 is 21.1 Å². The number of hydrogen-bond acceptors (Lipinski definition) is 4. The van der Waals surface area contributed by atoms with E-state index in [0.29, 0.717) is 19.7 Å². The first-order chi connectivity index (χ1) is 5.31. The van der Waals surface area contributed by atoms with Gasteiger partial charge in [-0.3, -0.25) is 0 Å². The summed E-state index contributed by atoms with van der Waals surface area (Å²) in [7, 11) is 1.52. The predicted octanol–water partition coefficient (Wildman–Crippen LogP) is -1.11. The molecule has 0 unspecified atom stereocenters. The average Bonchev–Trinajstić information content (AvgIpc) is 2.04. The van der Waals surface area contributed by atoms with Crippen molar-refractivity contribution in [3.05, 3.63) is 0 Å². The third-order valence-corrected chi connectivity index (χ3v) is 1.04. The van der Waals surface area contributed by atoms with Gasteiger partial charge in [-0.15, -0.1) is 0 Å². The van der Waals surface area contributed by atoms with E-state index in [0.717, 1.165) is 6.54 Å². The van der Waals surface area contributed by atoms with Gasteiger partial charge in [0.15, 0.2) is 0 Å². The summed E-state index contributed by atoms with van der Waals surface area (Å²) >= 11 is 0. The zero-order valence-corrected chi connectivity index (χ0v) is 6.72. The number of ether oxygens (including phenoxy) is 1. The number of alkyl carbamates (subject to hydrolysis) is 1. The van der Waals surface area contributed by atoms with Crippen molar-refractivity contribution in [2.75, 3.05) is 33.3 Å². The Morgan fingerprint density at radius 1 is 1.55 bits per heavy atom. The van der Waals surface area contributed by atoms with Crippen LogP contribution >= 0.6 is 0 Å². The van der Waals surface area contributed by atoms with E-state index in [9.17, 15) is 4.79 Å². The summed E-state index contributed by atoms with van der Waals surface area (Å²) in [5, 5.41) is 5.33. The van der Waals surface area contributed by atoms with Crippen molar-refractivity contribution in [3.63, 3.8) is 0 Å². The van der Waals surface area contributed by atoms with Gasteiger partial charge in [0.2, 0.25) is 0 Å². The lowest BCUT2D eigenvalue weighted by Crippen LogP contribution is -2.28. The molecule has 0 aromatic rings. The Hall–Kier alpha value is -0.810. The summed E-state index contributed by atoms with van der Waals surface area (Å²) in [5.74, 6) is 0. The molecular weight excluding hydrogens is 146 g/mol. The van der Waals surface area contributed by atoms with Crippen LogP contribution < -0.4 is 16.4 Å². The fourth-order valence-electron chi connectivity index (χ4n) is 0.515. The van der Waals surface area contributed by atoms with Crippen molar-refractivity contribution < 1.29 is 9.53 Å². The molecule has 0 heterocycles. The number of nitrogens with two attached hydrogens (primary N) is 1. The van der Waals surface area contributed by atoms with Crippen LogP contribution in [0.5, 0.6) is 0 Å². The van der Waals surface area contributed by atoms with Gasteiger partial charge in [-0.05, 0) is 0 Å². The minimum atomic E-state index is -0.403. The third kappa shape index (κ3) is 7.08. The van der Waals surface area contributed by atoms with Gasteiger partial charge in [0.1, 0.15) is 6.61 Å². The smallest absolute Gasteiger partial charge is 0.406 e.